The number of piperazine rings is 1. The SMILES string of the molecule is Cc1cc(C(=O)CN2CCN(C/C=C/c3ccccc3)CC2)c(C)n1C[C@@H]1CCCO1. The van der Waals surface area contributed by atoms with Gasteiger partial charge in [0.2, 0.25) is 0 Å². The van der Waals surface area contributed by atoms with Crippen LogP contribution in [0.4, 0.5) is 0 Å². The van der Waals surface area contributed by atoms with E-state index in [0.717, 1.165) is 75.7 Å². The number of hydrogen-bond acceptors (Lipinski definition) is 4. The van der Waals surface area contributed by atoms with Crippen molar-refractivity contribution in [1.29, 1.82) is 0 Å². The van der Waals surface area contributed by atoms with E-state index in [4.69, 9.17) is 4.74 Å². The first-order valence-corrected chi connectivity index (χ1v) is 11.6. The molecule has 0 amide bonds. The third-order valence-corrected chi connectivity index (χ3v) is 6.59. The van der Waals surface area contributed by atoms with Crippen LogP contribution < -0.4 is 0 Å². The van der Waals surface area contributed by atoms with Gasteiger partial charge in [-0.15, -0.1) is 0 Å². The van der Waals surface area contributed by atoms with Gasteiger partial charge < -0.3 is 9.30 Å². The summed E-state index contributed by atoms with van der Waals surface area (Å²) in [5.74, 6) is 0.240. The molecule has 1 aromatic carbocycles. The molecule has 0 N–H and O–H groups in total. The minimum absolute atomic E-state index is 0.240. The van der Waals surface area contributed by atoms with Crippen molar-refractivity contribution in [3.63, 3.8) is 0 Å². The average Bonchev–Trinajstić information content (AvgIpc) is 3.39. The molecule has 0 spiro atoms. The van der Waals surface area contributed by atoms with E-state index in [2.05, 4.69) is 70.7 Å². The molecule has 0 radical (unpaired) electrons. The normalized spacial score (nSPS) is 20.6. The van der Waals surface area contributed by atoms with Crippen LogP contribution in [0.25, 0.3) is 6.08 Å². The van der Waals surface area contributed by atoms with Gasteiger partial charge in [0.05, 0.1) is 12.6 Å². The topological polar surface area (TPSA) is 37.7 Å². The van der Waals surface area contributed by atoms with Crippen molar-refractivity contribution in [1.82, 2.24) is 14.4 Å². The lowest BCUT2D eigenvalue weighted by Gasteiger charge is -2.33. The number of benzene rings is 1. The van der Waals surface area contributed by atoms with E-state index in [-0.39, 0.29) is 11.9 Å². The lowest BCUT2D eigenvalue weighted by atomic mass is 10.1. The molecule has 0 bridgehead atoms. The summed E-state index contributed by atoms with van der Waals surface area (Å²) >= 11 is 0. The zero-order valence-electron chi connectivity index (χ0n) is 18.9. The van der Waals surface area contributed by atoms with Crippen molar-refractivity contribution in [2.45, 2.75) is 39.3 Å². The van der Waals surface area contributed by atoms with Crippen LogP contribution in [0.5, 0.6) is 0 Å². The Balaban J connectivity index is 1.26. The van der Waals surface area contributed by atoms with Crippen molar-refractivity contribution < 1.29 is 9.53 Å². The van der Waals surface area contributed by atoms with Crippen LogP contribution in [0, 0.1) is 13.8 Å². The second-order valence-electron chi connectivity index (χ2n) is 8.84. The van der Waals surface area contributed by atoms with Gasteiger partial charge in [-0.2, -0.15) is 0 Å². The van der Waals surface area contributed by atoms with E-state index in [1.807, 2.05) is 6.07 Å². The molecule has 1 atom stereocenters. The first-order valence-electron chi connectivity index (χ1n) is 11.6. The molecular weight excluding hydrogens is 386 g/mol. The van der Waals surface area contributed by atoms with Gasteiger partial charge in [0.25, 0.3) is 0 Å². The Bertz CT molecular complexity index is 889. The van der Waals surface area contributed by atoms with Crippen LogP contribution in [0.1, 0.15) is 40.2 Å². The van der Waals surface area contributed by atoms with Crippen molar-refractivity contribution >= 4 is 11.9 Å². The maximum absolute atomic E-state index is 13.0. The number of aryl methyl sites for hydroxylation is 1. The Labute approximate surface area is 186 Å². The number of ether oxygens (including phenoxy) is 1. The molecule has 31 heavy (non-hydrogen) atoms. The summed E-state index contributed by atoms with van der Waals surface area (Å²) in [6.07, 6.45) is 6.97. The highest BCUT2D eigenvalue weighted by molar-refractivity contribution is 5.99. The Morgan fingerprint density at radius 3 is 2.55 bits per heavy atom. The molecule has 2 saturated heterocycles. The highest BCUT2D eigenvalue weighted by atomic mass is 16.5. The van der Waals surface area contributed by atoms with Crippen molar-refractivity contribution in [2.24, 2.45) is 0 Å². The Morgan fingerprint density at radius 2 is 1.84 bits per heavy atom. The quantitative estimate of drug-likeness (QED) is 0.608. The number of aromatic nitrogens is 1. The molecule has 5 heteroatoms. The molecule has 2 aliphatic heterocycles. The molecule has 1 aromatic heterocycles. The zero-order chi connectivity index (χ0) is 21.6. The summed E-state index contributed by atoms with van der Waals surface area (Å²) in [7, 11) is 0. The second-order valence-corrected chi connectivity index (χ2v) is 8.84. The van der Waals surface area contributed by atoms with Crippen molar-refractivity contribution in [3.05, 3.63) is 65.0 Å². The molecule has 3 heterocycles. The predicted octanol–water partition coefficient (Wildman–Crippen LogP) is 3.80. The van der Waals surface area contributed by atoms with E-state index >= 15 is 0 Å². The largest absolute Gasteiger partial charge is 0.376 e. The molecule has 0 aliphatic carbocycles. The van der Waals surface area contributed by atoms with Crippen molar-refractivity contribution in [2.75, 3.05) is 45.9 Å². The Hall–Kier alpha value is -2.21. The maximum Gasteiger partial charge on any atom is 0.178 e. The average molecular weight is 422 g/mol. The lowest BCUT2D eigenvalue weighted by Crippen LogP contribution is -2.47. The van der Waals surface area contributed by atoms with Gasteiger partial charge >= 0.3 is 0 Å². The molecule has 2 aliphatic rings. The van der Waals surface area contributed by atoms with Crippen LogP contribution in [-0.2, 0) is 11.3 Å². The number of Topliss-reactive ketones (excluding diaryl/α,β-unsaturated/α-hetero) is 1. The highest BCUT2D eigenvalue weighted by Gasteiger charge is 2.23. The van der Waals surface area contributed by atoms with Gasteiger partial charge in [0.15, 0.2) is 5.78 Å². The molecule has 0 unspecified atom stereocenters. The van der Waals surface area contributed by atoms with Gasteiger partial charge in [-0.1, -0.05) is 42.5 Å². The molecule has 5 nitrogen and oxygen atoms in total. The van der Waals surface area contributed by atoms with E-state index in [0.29, 0.717) is 6.54 Å². The second kappa shape index (κ2) is 10.4. The van der Waals surface area contributed by atoms with Crippen LogP contribution in [0.15, 0.2) is 42.5 Å². The zero-order valence-corrected chi connectivity index (χ0v) is 18.9. The third kappa shape index (κ3) is 5.73. The fourth-order valence-corrected chi connectivity index (χ4v) is 4.68. The summed E-state index contributed by atoms with van der Waals surface area (Å²) in [4.78, 5) is 17.8. The first-order chi connectivity index (χ1) is 15.1. The van der Waals surface area contributed by atoms with E-state index in [1.54, 1.807) is 0 Å². The molecule has 4 rings (SSSR count). The number of carbonyl (C=O) groups is 1. The van der Waals surface area contributed by atoms with Gasteiger partial charge in [0.1, 0.15) is 0 Å². The van der Waals surface area contributed by atoms with E-state index in [9.17, 15) is 4.79 Å². The smallest absolute Gasteiger partial charge is 0.178 e. The lowest BCUT2D eigenvalue weighted by molar-refractivity contribution is 0.0861. The van der Waals surface area contributed by atoms with Gasteiger partial charge in [-0.05, 0) is 38.3 Å². The van der Waals surface area contributed by atoms with Crippen LogP contribution in [-0.4, -0.2) is 72.1 Å². The van der Waals surface area contributed by atoms with E-state index in [1.165, 1.54) is 5.56 Å². The molecule has 2 fully saturated rings. The minimum Gasteiger partial charge on any atom is -0.376 e. The molecule has 166 valence electrons. The van der Waals surface area contributed by atoms with Gasteiger partial charge in [-0.25, -0.2) is 0 Å². The number of carbonyl (C=O) groups excluding carboxylic acids is 1. The van der Waals surface area contributed by atoms with Gasteiger partial charge in [-0.3, -0.25) is 14.6 Å². The van der Waals surface area contributed by atoms with Crippen molar-refractivity contribution in [3.8, 4) is 0 Å². The van der Waals surface area contributed by atoms with Crippen LogP contribution in [0.2, 0.25) is 0 Å². The summed E-state index contributed by atoms with van der Waals surface area (Å²) in [5.41, 5.74) is 4.36. The fraction of sp³-hybridized carbons (Fsp3) is 0.500. The standard InChI is InChI=1S/C26H35N3O2/c1-21-18-25(22(2)29(21)19-24-11-7-17-31-24)26(30)20-28-15-13-27(14-16-28)12-6-10-23-8-4-3-5-9-23/h3-6,8-10,18,24H,7,11-17,19-20H2,1-2H3/b10-6+/t24-/m0/s1. The molecular formula is C26H35N3O2. The van der Waals surface area contributed by atoms with E-state index < -0.39 is 0 Å². The monoisotopic (exact) mass is 421 g/mol. The third-order valence-electron chi connectivity index (χ3n) is 6.59. The minimum atomic E-state index is 0.240. The number of ketones is 1. The molecule has 2 aromatic rings. The Morgan fingerprint density at radius 1 is 1.10 bits per heavy atom. The van der Waals surface area contributed by atoms with Crippen LogP contribution in [0.3, 0.4) is 0 Å². The first kappa shape index (κ1) is 22.0. The predicted molar refractivity (Wildman–Crippen MR) is 126 cm³/mol. The van der Waals surface area contributed by atoms with Gasteiger partial charge in [0, 0.05) is 62.8 Å². The number of hydrogen-bond donors (Lipinski definition) is 0. The molecule has 0 saturated carbocycles. The van der Waals surface area contributed by atoms with Crippen LogP contribution >= 0.6 is 0 Å². The maximum atomic E-state index is 13.0. The highest BCUT2D eigenvalue weighted by Crippen LogP contribution is 2.21. The summed E-state index contributed by atoms with van der Waals surface area (Å²) in [5, 5.41) is 0. The fourth-order valence-electron chi connectivity index (χ4n) is 4.68. The summed E-state index contributed by atoms with van der Waals surface area (Å²) in [6, 6.07) is 12.5. The number of rotatable bonds is 8. The summed E-state index contributed by atoms with van der Waals surface area (Å²) in [6.45, 7) is 11.3. The summed E-state index contributed by atoms with van der Waals surface area (Å²) < 4.78 is 8.06. The Kier molecular flexibility index (Phi) is 7.38. The number of nitrogens with zero attached hydrogens (tertiary/aromatic N) is 3.